The number of hydrogen-bond donors (Lipinski definition) is 2. The van der Waals surface area contributed by atoms with Crippen molar-refractivity contribution in [2.75, 3.05) is 19.6 Å². The molecule has 0 unspecified atom stereocenters. The summed E-state index contributed by atoms with van der Waals surface area (Å²) in [6, 6.07) is 9.42. The van der Waals surface area contributed by atoms with Gasteiger partial charge in [-0.05, 0) is 48.9 Å². The van der Waals surface area contributed by atoms with Gasteiger partial charge in [0.25, 0.3) is 11.5 Å². The number of nitrogens with one attached hydrogen (secondary N) is 2. The minimum atomic E-state index is -1.02. The number of amides is 1. The van der Waals surface area contributed by atoms with Crippen LogP contribution in [0.1, 0.15) is 33.9 Å². The lowest BCUT2D eigenvalue weighted by Crippen LogP contribution is -2.33. The Morgan fingerprint density at radius 3 is 2.80 bits per heavy atom. The minimum absolute atomic E-state index is 0.00248. The van der Waals surface area contributed by atoms with Crippen molar-refractivity contribution in [1.82, 2.24) is 34.7 Å². The Bertz CT molecular complexity index is 1880. The molecule has 3 aromatic heterocycles. The summed E-state index contributed by atoms with van der Waals surface area (Å²) in [5, 5.41) is 6.96. The summed E-state index contributed by atoms with van der Waals surface area (Å²) < 4.78 is 30.1. The summed E-state index contributed by atoms with van der Waals surface area (Å²) in [6.45, 7) is 1.80. The number of benzene rings is 2. The molecule has 1 aliphatic heterocycles. The average molecular weight is 540 g/mol. The van der Waals surface area contributed by atoms with Crippen molar-refractivity contribution >= 4 is 27.8 Å². The van der Waals surface area contributed by atoms with Gasteiger partial charge in [-0.25, -0.2) is 18.7 Å². The van der Waals surface area contributed by atoms with E-state index in [0.29, 0.717) is 11.6 Å². The molecular weight excluding hydrogens is 516 g/mol. The van der Waals surface area contributed by atoms with Gasteiger partial charge in [0.1, 0.15) is 11.1 Å². The second-order valence-corrected chi connectivity index (χ2v) is 9.50. The first-order chi connectivity index (χ1) is 19.5. The number of nitrogens with zero attached hydrogens (tertiary/aromatic N) is 5. The van der Waals surface area contributed by atoms with E-state index in [9.17, 15) is 18.4 Å². The molecule has 1 fully saturated rings. The molecule has 0 radical (unpaired) electrons. The van der Waals surface area contributed by atoms with Gasteiger partial charge >= 0.3 is 0 Å². The van der Waals surface area contributed by atoms with E-state index in [1.165, 1.54) is 12.4 Å². The van der Waals surface area contributed by atoms with E-state index in [2.05, 4.69) is 42.0 Å². The number of aromatic nitrogens is 5. The maximum atomic E-state index is 13.5. The molecule has 1 aliphatic rings. The molecule has 0 spiro atoms. The highest BCUT2D eigenvalue weighted by Crippen LogP contribution is 2.28. The van der Waals surface area contributed by atoms with E-state index in [0.717, 1.165) is 69.9 Å². The Balaban J connectivity index is 1.18. The molecule has 6 rings (SSSR count). The van der Waals surface area contributed by atoms with Gasteiger partial charge < -0.3 is 15.2 Å². The highest BCUT2D eigenvalue weighted by atomic mass is 19.2. The molecule has 200 valence electrons. The zero-order chi connectivity index (χ0) is 27.6. The Hall–Kier alpha value is -4.95. The van der Waals surface area contributed by atoms with Crippen LogP contribution in [0.3, 0.4) is 0 Å². The smallest absolute Gasteiger partial charge is 0.266 e. The van der Waals surface area contributed by atoms with E-state index in [1.807, 2.05) is 24.5 Å². The second kappa shape index (κ2) is 10.7. The average Bonchev–Trinajstić information content (AvgIpc) is 3.64. The Morgan fingerprint density at radius 1 is 1.07 bits per heavy atom. The summed E-state index contributed by atoms with van der Waals surface area (Å²) >= 11 is 0. The van der Waals surface area contributed by atoms with Crippen LogP contribution in [0.4, 0.5) is 8.78 Å². The highest BCUT2D eigenvalue weighted by Gasteiger charge is 2.20. The fourth-order valence-electron chi connectivity index (χ4n) is 4.87. The zero-order valence-corrected chi connectivity index (χ0v) is 21.2. The fourth-order valence-corrected chi connectivity index (χ4v) is 4.87. The van der Waals surface area contributed by atoms with E-state index in [1.54, 1.807) is 6.20 Å². The Labute approximate surface area is 226 Å². The van der Waals surface area contributed by atoms with Crippen LogP contribution in [0.5, 0.6) is 0 Å². The number of carbonyl (C=O) groups excluding carboxylic acids is 1. The molecule has 4 heterocycles. The standard InChI is InChI=1S/C29H23F2N7O2/c30-23-5-3-19(11-24(23)31)15-37-16-33-13-22(29(37)40)28(39)34-8-1-2-18-4-6-25-21(10-18)27-26(14-35-25)36-17-38(27)20-7-9-32-12-20/h3-6,10-11,13-14,16-17,20,32H,7-9,12,15H2,(H,34,39)/t20-/m1/s1. The van der Waals surface area contributed by atoms with Crippen LogP contribution in [-0.4, -0.2) is 49.6 Å². The van der Waals surface area contributed by atoms with Gasteiger partial charge in [0.2, 0.25) is 0 Å². The van der Waals surface area contributed by atoms with Crippen molar-refractivity contribution in [2.45, 2.75) is 19.0 Å². The molecule has 1 atom stereocenters. The molecule has 1 saturated heterocycles. The summed E-state index contributed by atoms with van der Waals surface area (Å²) in [5.74, 6) is 3.35. The maximum absolute atomic E-state index is 13.5. The van der Waals surface area contributed by atoms with Crippen LogP contribution in [0.25, 0.3) is 21.9 Å². The quantitative estimate of drug-likeness (QED) is 0.333. The summed E-state index contributed by atoms with van der Waals surface area (Å²) in [7, 11) is 0. The van der Waals surface area contributed by atoms with Crippen LogP contribution in [0.2, 0.25) is 0 Å². The van der Waals surface area contributed by atoms with Gasteiger partial charge in [-0.1, -0.05) is 17.9 Å². The summed E-state index contributed by atoms with van der Waals surface area (Å²) in [6.07, 6.45) is 7.07. The second-order valence-electron chi connectivity index (χ2n) is 9.50. The predicted molar refractivity (Wildman–Crippen MR) is 145 cm³/mol. The zero-order valence-electron chi connectivity index (χ0n) is 21.2. The van der Waals surface area contributed by atoms with Gasteiger partial charge in [-0.3, -0.25) is 19.1 Å². The minimum Gasteiger partial charge on any atom is -0.341 e. The first-order valence-corrected chi connectivity index (χ1v) is 12.7. The normalized spacial score (nSPS) is 14.8. The van der Waals surface area contributed by atoms with Crippen LogP contribution in [0, 0.1) is 23.5 Å². The van der Waals surface area contributed by atoms with Crippen LogP contribution >= 0.6 is 0 Å². The molecule has 11 heteroatoms. The third-order valence-electron chi connectivity index (χ3n) is 6.88. The lowest BCUT2D eigenvalue weighted by Gasteiger charge is -2.13. The van der Waals surface area contributed by atoms with Gasteiger partial charge in [0.05, 0.1) is 43.0 Å². The molecule has 0 bridgehead atoms. The van der Waals surface area contributed by atoms with Crippen molar-refractivity contribution < 1.29 is 13.6 Å². The molecule has 0 saturated carbocycles. The van der Waals surface area contributed by atoms with Crippen molar-refractivity contribution in [3.8, 4) is 11.8 Å². The van der Waals surface area contributed by atoms with Gasteiger partial charge in [0, 0.05) is 29.7 Å². The number of fused-ring (bicyclic) bond motifs is 3. The number of imidazole rings is 1. The molecule has 0 aliphatic carbocycles. The topological polar surface area (TPSA) is 107 Å². The molecule has 2 N–H and O–H groups in total. The number of hydrogen-bond acceptors (Lipinski definition) is 6. The largest absolute Gasteiger partial charge is 0.341 e. The molecule has 2 aromatic carbocycles. The van der Waals surface area contributed by atoms with E-state index in [-0.39, 0.29) is 18.7 Å². The first-order valence-electron chi connectivity index (χ1n) is 12.7. The molecule has 40 heavy (non-hydrogen) atoms. The lowest BCUT2D eigenvalue weighted by molar-refractivity contribution is 0.0956. The number of carbonyl (C=O) groups is 1. The van der Waals surface area contributed by atoms with Crippen LogP contribution < -0.4 is 16.2 Å². The monoisotopic (exact) mass is 539 g/mol. The molecule has 1 amide bonds. The van der Waals surface area contributed by atoms with E-state index in [4.69, 9.17) is 0 Å². The lowest BCUT2D eigenvalue weighted by atomic mass is 10.1. The van der Waals surface area contributed by atoms with Crippen molar-refractivity contribution in [1.29, 1.82) is 0 Å². The number of pyridine rings is 1. The van der Waals surface area contributed by atoms with Gasteiger partial charge in [-0.15, -0.1) is 0 Å². The molecule has 5 aromatic rings. The van der Waals surface area contributed by atoms with Crippen molar-refractivity contribution in [3.05, 3.63) is 100 Å². The van der Waals surface area contributed by atoms with Crippen LogP contribution in [-0.2, 0) is 6.54 Å². The van der Waals surface area contributed by atoms with Gasteiger partial charge in [-0.2, -0.15) is 0 Å². The Kier molecular flexibility index (Phi) is 6.76. The summed E-state index contributed by atoms with van der Waals surface area (Å²) in [5.41, 5.74) is 3.01. The SMILES string of the molecule is O=C(NCC#Cc1ccc2ncc3ncn([C@@H]4CCNC4)c3c2c1)c1cncn(Cc2ccc(F)c(F)c2)c1=O. The fraction of sp³-hybridized carbons (Fsp3) is 0.207. The van der Waals surface area contributed by atoms with E-state index >= 15 is 0 Å². The predicted octanol–water partition coefficient (Wildman–Crippen LogP) is 2.78. The number of halogens is 2. The van der Waals surface area contributed by atoms with Crippen molar-refractivity contribution in [3.63, 3.8) is 0 Å². The maximum Gasteiger partial charge on any atom is 0.266 e. The van der Waals surface area contributed by atoms with Crippen LogP contribution in [0.15, 0.2) is 66.2 Å². The third kappa shape index (κ3) is 4.92. The molecular formula is C29H23F2N7O2. The van der Waals surface area contributed by atoms with E-state index < -0.39 is 23.1 Å². The van der Waals surface area contributed by atoms with Gasteiger partial charge in [0.15, 0.2) is 11.6 Å². The molecule has 9 nitrogen and oxygen atoms in total. The Morgan fingerprint density at radius 2 is 1.98 bits per heavy atom. The van der Waals surface area contributed by atoms with Crippen molar-refractivity contribution in [2.24, 2.45) is 0 Å². The number of rotatable bonds is 5. The third-order valence-corrected chi connectivity index (χ3v) is 6.88. The first kappa shape index (κ1) is 25.3. The highest BCUT2D eigenvalue weighted by molar-refractivity contribution is 6.02. The summed E-state index contributed by atoms with van der Waals surface area (Å²) in [4.78, 5) is 38.5.